The Morgan fingerprint density at radius 3 is 3.05 bits per heavy atom. The van der Waals surface area contributed by atoms with Gasteiger partial charge < -0.3 is 15.3 Å². The van der Waals surface area contributed by atoms with Crippen LogP contribution in [0, 0.1) is 11.8 Å². The summed E-state index contributed by atoms with van der Waals surface area (Å²) in [5.41, 5.74) is 0. The zero-order valence-electron chi connectivity index (χ0n) is 12.9. The summed E-state index contributed by atoms with van der Waals surface area (Å²) in [6.07, 6.45) is 2.66. The number of hydrogen-bond acceptors (Lipinski definition) is 3. The number of carbonyl (C=O) groups is 1. The van der Waals surface area contributed by atoms with Crippen LogP contribution < -0.4 is 5.32 Å². The summed E-state index contributed by atoms with van der Waals surface area (Å²) < 4.78 is 0. The Morgan fingerprint density at radius 2 is 2.38 bits per heavy atom. The quantitative estimate of drug-likeness (QED) is 0.878. The van der Waals surface area contributed by atoms with Crippen molar-refractivity contribution in [2.45, 2.75) is 39.2 Å². The molecule has 0 aromatic carbocycles. The largest absolute Gasteiger partial charge is 0.393 e. The lowest BCUT2D eigenvalue weighted by Gasteiger charge is -2.34. The van der Waals surface area contributed by atoms with Crippen LogP contribution in [0.1, 0.15) is 31.6 Å². The molecule has 1 saturated heterocycles. The van der Waals surface area contributed by atoms with Crippen molar-refractivity contribution in [2.24, 2.45) is 11.8 Å². The Labute approximate surface area is 131 Å². The molecule has 2 amide bonds. The highest BCUT2D eigenvalue weighted by atomic mass is 32.1. The average Bonchev–Trinajstić information content (AvgIpc) is 2.97. The molecule has 1 fully saturated rings. The molecule has 2 heterocycles. The van der Waals surface area contributed by atoms with E-state index in [1.165, 1.54) is 4.88 Å². The topological polar surface area (TPSA) is 52.6 Å². The van der Waals surface area contributed by atoms with Crippen LogP contribution >= 0.6 is 11.3 Å². The highest BCUT2D eigenvalue weighted by Crippen LogP contribution is 2.19. The monoisotopic (exact) mass is 310 g/mol. The number of thiophene rings is 1. The van der Waals surface area contributed by atoms with Gasteiger partial charge in [-0.2, -0.15) is 0 Å². The minimum Gasteiger partial charge on any atom is -0.393 e. The van der Waals surface area contributed by atoms with E-state index >= 15 is 0 Å². The Hall–Kier alpha value is -1.07. The predicted octanol–water partition coefficient (Wildman–Crippen LogP) is 2.73. The fourth-order valence-corrected chi connectivity index (χ4v) is 3.68. The van der Waals surface area contributed by atoms with Crippen LogP contribution in [-0.2, 0) is 6.42 Å². The lowest BCUT2D eigenvalue weighted by atomic mass is 9.94. The van der Waals surface area contributed by atoms with E-state index in [0.29, 0.717) is 19.0 Å². The Morgan fingerprint density at radius 1 is 1.57 bits per heavy atom. The Balaban J connectivity index is 1.73. The maximum Gasteiger partial charge on any atom is 0.317 e. The van der Waals surface area contributed by atoms with Gasteiger partial charge >= 0.3 is 6.03 Å². The minimum absolute atomic E-state index is 0.0124. The van der Waals surface area contributed by atoms with Crippen molar-refractivity contribution in [2.75, 3.05) is 19.6 Å². The first-order valence-corrected chi connectivity index (χ1v) is 8.67. The molecule has 1 aromatic heterocycles. The van der Waals surface area contributed by atoms with Gasteiger partial charge in [-0.05, 0) is 43.6 Å². The lowest BCUT2D eigenvalue weighted by Crippen LogP contribution is -2.48. The van der Waals surface area contributed by atoms with Gasteiger partial charge in [0.05, 0.1) is 6.10 Å². The highest BCUT2D eigenvalue weighted by Gasteiger charge is 2.26. The van der Waals surface area contributed by atoms with Crippen molar-refractivity contribution >= 4 is 17.4 Å². The first-order chi connectivity index (χ1) is 10.1. The number of likely N-dealkylation sites (tertiary alicyclic amines) is 1. The Kier molecular flexibility index (Phi) is 6.06. The van der Waals surface area contributed by atoms with E-state index in [4.69, 9.17) is 0 Å². The van der Waals surface area contributed by atoms with Gasteiger partial charge in [0.1, 0.15) is 0 Å². The van der Waals surface area contributed by atoms with Gasteiger partial charge in [-0.3, -0.25) is 0 Å². The van der Waals surface area contributed by atoms with Crippen LogP contribution in [-0.4, -0.2) is 41.8 Å². The number of carbonyl (C=O) groups excluding carboxylic acids is 1. The van der Waals surface area contributed by atoms with Crippen LogP contribution in [0.15, 0.2) is 17.5 Å². The summed E-state index contributed by atoms with van der Waals surface area (Å²) in [5.74, 6) is 0.651. The lowest BCUT2D eigenvalue weighted by molar-refractivity contribution is 0.0737. The molecule has 3 unspecified atom stereocenters. The molecule has 1 aromatic rings. The van der Waals surface area contributed by atoms with Crippen LogP contribution in [0.5, 0.6) is 0 Å². The normalized spacial score (nSPS) is 21.9. The number of aliphatic hydroxyl groups is 1. The second-order valence-electron chi connectivity index (χ2n) is 6.16. The fourth-order valence-electron chi connectivity index (χ4n) is 2.81. The molecule has 1 aliphatic heterocycles. The third-order valence-electron chi connectivity index (χ3n) is 4.16. The van der Waals surface area contributed by atoms with Crippen LogP contribution in [0.2, 0.25) is 0 Å². The van der Waals surface area contributed by atoms with Gasteiger partial charge in [-0.1, -0.05) is 13.0 Å². The van der Waals surface area contributed by atoms with E-state index in [-0.39, 0.29) is 18.1 Å². The number of piperidine rings is 1. The smallest absolute Gasteiger partial charge is 0.317 e. The fraction of sp³-hybridized carbons (Fsp3) is 0.688. The number of hydrogen-bond donors (Lipinski definition) is 2. The third kappa shape index (κ3) is 5.00. The van der Waals surface area contributed by atoms with Crippen molar-refractivity contribution in [3.8, 4) is 0 Å². The molecule has 0 spiro atoms. The molecular formula is C16H26N2O2S. The van der Waals surface area contributed by atoms with Crippen molar-refractivity contribution in [3.63, 3.8) is 0 Å². The average molecular weight is 310 g/mol. The molecule has 0 saturated carbocycles. The SMILES string of the molecule is CC(CNC(=O)N1CCCC(C(C)O)C1)Cc1cccs1. The van der Waals surface area contributed by atoms with Gasteiger partial charge in [0.15, 0.2) is 0 Å². The van der Waals surface area contributed by atoms with Gasteiger partial charge in [0.2, 0.25) is 0 Å². The second kappa shape index (κ2) is 7.80. The molecule has 0 bridgehead atoms. The maximum absolute atomic E-state index is 12.2. The van der Waals surface area contributed by atoms with Crippen molar-refractivity contribution in [1.29, 1.82) is 0 Å². The summed E-state index contributed by atoms with van der Waals surface area (Å²) in [5, 5.41) is 14.8. The summed E-state index contributed by atoms with van der Waals surface area (Å²) in [6.45, 7) is 6.15. The number of amides is 2. The number of urea groups is 1. The van der Waals surface area contributed by atoms with E-state index in [2.05, 4.69) is 29.8 Å². The highest BCUT2D eigenvalue weighted by molar-refractivity contribution is 7.09. The van der Waals surface area contributed by atoms with Crippen molar-refractivity contribution < 1.29 is 9.90 Å². The standard InChI is InChI=1S/C16H26N2O2S/c1-12(9-15-6-4-8-21-15)10-17-16(20)18-7-3-5-14(11-18)13(2)19/h4,6,8,12-14,19H,3,5,7,9-11H2,1-2H3,(H,17,20). The first kappa shape index (κ1) is 16.3. The van der Waals surface area contributed by atoms with Gasteiger partial charge in [0.25, 0.3) is 0 Å². The summed E-state index contributed by atoms with van der Waals surface area (Å²) >= 11 is 1.77. The number of nitrogens with zero attached hydrogens (tertiary/aromatic N) is 1. The van der Waals surface area contributed by atoms with Gasteiger partial charge in [-0.15, -0.1) is 11.3 Å². The molecule has 118 valence electrons. The zero-order valence-corrected chi connectivity index (χ0v) is 13.7. The van der Waals surface area contributed by atoms with Gasteiger partial charge in [-0.25, -0.2) is 4.79 Å². The van der Waals surface area contributed by atoms with E-state index in [0.717, 1.165) is 25.8 Å². The molecule has 21 heavy (non-hydrogen) atoms. The summed E-state index contributed by atoms with van der Waals surface area (Å²) in [6, 6.07) is 4.22. The van der Waals surface area contributed by atoms with Crippen molar-refractivity contribution in [1.82, 2.24) is 10.2 Å². The maximum atomic E-state index is 12.2. The molecule has 0 aliphatic carbocycles. The Bertz CT molecular complexity index is 433. The molecule has 3 atom stereocenters. The molecule has 4 nitrogen and oxygen atoms in total. The number of rotatable bonds is 5. The summed E-state index contributed by atoms with van der Waals surface area (Å²) in [4.78, 5) is 15.4. The van der Waals surface area contributed by atoms with Crippen LogP contribution in [0.25, 0.3) is 0 Å². The molecule has 1 aliphatic rings. The van der Waals surface area contributed by atoms with Gasteiger partial charge in [0, 0.05) is 30.4 Å². The van der Waals surface area contributed by atoms with Crippen LogP contribution in [0.3, 0.4) is 0 Å². The number of nitrogens with one attached hydrogen (secondary N) is 1. The van der Waals surface area contributed by atoms with E-state index < -0.39 is 0 Å². The van der Waals surface area contributed by atoms with E-state index in [1.807, 2.05) is 11.8 Å². The van der Waals surface area contributed by atoms with Crippen LogP contribution in [0.4, 0.5) is 4.79 Å². The number of aliphatic hydroxyl groups excluding tert-OH is 1. The second-order valence-corrected chi connectivity index (χ2v) is 7.20. The molecule has 2 N–H and O–H groups in total. The molecular weight excluding hydrogens is 284 g/mol. The molecule has 2 rings (SSSR count). The van der Waals surface area contributed by atoms with Crippen molar-refractivity contribution in [3.05, 3.63) is 22.4 Å². The molecule has 0 radical (unpaired) electrons. The molecule has 5 heteroatoms. The zero-order chi connectivity index (χ0) is 15.2. The minimum atomic E-state index is -0.335. The van der Waals surface area contributed by atoms with E-state index in [1.54, 1.807) is 11.3 Å². The predicted molar refractivity (Wildman–Crippen MR) is 86.6 cm³/mol. The first-order valence-electron chi connectivity index (χ1n) is 7.79. The van der Waals surface area contributed by atoms with E-state index in [9.17, 15) is 9.90 Å². The third-order valence-corrected chi connectivity index (χ3v) is 5.06. The summed E-state index contributed by atoms with van der Waals surface area (Å²) in [7, 11) is 0.